The van der Waals surface area contributed by atoms with Crippen LogP contribution >= 0.6 is 15.9 Å². The number of hydrogen-bond acceptors (Lipinski definition) is 4. The molecule has 5 nitrogen and oxygen atoms in total. The van der Waals surface area contributed by atoms with Crippen LogP contribution in [0, 0.1) is 0 Å². The van der Waals surface area contributed by atoms with Crippen molar-refractivity contribution in [3.05, 3.63) is 52.3 Å². The summed E-state index contributed by atoms with van der Waals surface area (Å²) in [5.41, 5.74) is 0.905. The fraction of sp³-hybridized carbons (Fsp3) is 0.286. The smallest absolute Gasteiger partial charge is 0.214 e. The third kappa shape index (κ3) is 3.15. The summed E-state index contributed by atoms with van der Waals surface area (Å²) in [5, 5.41) is 14.3. The number of ketones is 1. The quantitative estimate of drug-likeness (QED) is 0.820. The number of Topliss-reactive ketones (excluding diaryl/α,β-unsaturated/α-hetero) is 1. The number of carbonyl (C=O) groups excluding carboxylic acids is 1. The molecule has 0 aliphatic carbocycles. The van der Waals surface area contributed by atoms with E-state index in [2.05, 4.69) is 21.0 Å². The van der Waals surface area contributed by atoms with Crippen molar-refractivity contribution >= 4 is 21.7 Å². The average molecular weight is 339 g/mol. The standard InChI is InChI=1S/C14H15BrN2O3/c1-20-8-7-17-12(11(15)9-16-17)14(19)13(18)10-5-3-2-4-6-10/h2-6,9,13,18H,7-8H2,1H3. The lowest BCUT2D eigenvalue weighted by atomic mass is 10.0. The highest BCUT2D eigenvalue weighted by atomic mass is 79.9. The van der Waals surface area contributed by atoms with E-state index < -0.39 is 11.9 Å². The van der Waals surface area contributed by atoms with Crippen LogP contribution < -0.4 is 0 Å². The van der Waals surface area contributed by atoms with E-state index in [1.165, 1.54) is 4.68 Å². The molecule has 1 N–H and O–H groups in total. The summed E-state index contributed by atoms with van der Waals surface area (Å²) in [5.74, 6) is -0.392. The zero-order valence-corrected chi connectivity index (χ0v) is 12.6. The number of carbonyl (C=O) groups is 1. The molecular formula is C14H15BrN2O3. The first kappa shape index (κ1) is 14.9. The summed E-state index contributed by atoms with van der Waals surface area (Å²) in [4.78, 5) is 12.4. The van der Waals surface area contributed by atoms with Crippen molar-refractivity contribution in [1.29, 1.82) is 0 Å². The minimum atomic E-state index is -1.20. The highest BCUT2D eigenvalue weighted by molar-refractivity contribution is 9.10. The van der Waals surface area contributed by atoms with Crippen molar-refractivity contribution in [2.45, 2.75) is 12.6 Å². The molecule has 0 saturated heterocycles. The molecule has 2 aromatic rings. The number of benzene rings is 1. The van der Waals surface area contributed by atoms with Crippen LogP contribution in [0.3, 0.4) is 0 Å². The van der Waals surface area contributed by atoms with Gasteiger partial charge in [0.25, 0.3) is 0 Å². The van der Waals surface area contributed by atoms with Crippen LogP contribution in [0.1, 0.15) is 22.2 Å². The molecule has 0 bridgehead atoms. The number of aromatic nitrogens is 2. The zero-order chi connectivity index (χ0) is 14.5. The lowest BCUT2D eigenvalue weighted by molar-refractivity contribution is 0.0731. The highest BCUT2D eigenvalue weighted by Gasteiger charge is 2.25. The second-order valence-corrected chi connectivity index (χ2v) is 5.09. The van der Waals surface area contributed by atoms with Gasteiger partial charge in [0.15, 0.2) is 0 Å². The van der Waals surface area contributed by atoms with Gasteiger partial charge in [-0.25, -0.2) is 0 Å². The largest absolute Gasteiger partial charge is 0.383 e. The Kier molecular flexibility index (Phi) is 5.05. The molecule has 106 valence electrons. The van der Waals surface area contributed by atoms with Gasteiger partial charge in [-0.05, 0) is 21.5 Å². The van der Waals surface area contributed by atoms with E-state index in [0.29, 0.717) is 28.9 Å². The zero-order valence-electron chi connectivity index (χ0n) is 11.0. The van der Waals surface area contributed by atoms with Gasteiger partial charge in [0.05, 0.1) is 23.8 Å². The number of ether oxygens (including phenoxy) is 1. The summed E-state index contributed by atoms with van der Waals surface area (Å²) in [6, 6.07) is 8.82. The van der Waals surface area contributed by atoms with Gasteiger partial charge in [0.1, 0.15) is 11.8 Å². The molecule has 0 radical (unpaired) electrons. The van der Waals surface area contributed by atoms with Gasteiger partial charge in [-0.15, -0.1) is 0 Å². The van der Waals surface area contributed by atoms with Gasteiger partial charge in [0, 0.05) is 7.11 Å². The second-order valence-electron chi connectivity index (χ2n) is 4.23. The SMILES string of the molecule is COCCn1ncc(Br)c1C(=O)C(O)c1ccccc1. The maximum absolute atomic E-state index is 12.4. The molecule has 20 heavy (non-hydrogen) atoms. The minimum absolute atomic E-state index is 0.346. The van der Waals surface area contributed by atoms with Crippen molar-refractivity contribution in [2.24, 2.45) is 0 Å². The molecular weight excluding hydrogens is 324 g/mol. The maximum atomic E-state index is 12.4. The predicted molar refractivity (Wildman–Crippen MR) is 77.5 cm³/mol. The van der Waals surface area contributed by atoms with Crippen LogP contribution in [0.25, 0.3) is 0 Å². The van der Waals surface area contributed by atoms with Crippen LogP contribution in [0.4, 0.5) is 0 Å². The molecule has 1 heterocycles. The Morgan fingerprint density at radius 1 is 1.45 bits per heavy atom. The average Bonchev–Trinajstić information content (AvgIpc) is 2.85. The van der Waals surface area contributed by atoms with Crippen LogP contribution in [-0.4, -0.2) is 34.4 Å². The molecule has 0 spiro atoms. The molecule has 6 heteroatoms. The van der Waals surface area contributed by atoms with Gasteiger partial charge in [0.2, 0.25) is 5.78 Å². The molecule has 0 amide bonds. The van der Waals surface area contributed by atoms with Gasteiger partial charge in [-0.3, -0.25) is 9.48 Å². The number of aliphatic hydroxyl groups excluding tert-OH is 1. The van der Waals surface area contributed by atoms with Gasteiger partial charge in [-0.1, -0.05) is 30.3 Å². The number of rotatable bonds is 6. The number of methoxy groups -OCH3 is 1. The molecule has 0 aliphatic rings. The summed E-state index contributed by atoms with van der Waals surface area (Å²) in [6.45, 7) is 0.889. The van der Waals surface area contributed by atoms with E-state index in [1.807, 2.05) is 6.07 Å². The highest BCUT2D eigenvalue weighted by Crippen LogP contribution is 2.23. The van der Waals surface area contributed by atoms with Crippen molar-refractivity contribution in [3.63, 3.8) is 0 Å². The number of aliphatic hydroxyl groups is 1. The summed E-state index contributed by atoms with van der Waals surface area (Å²) in [7, 11) is 1.58. The normalized spacial score (nSPS) is 12.3. The van der Waals surface area contributed by atoms with Crippen molar-refractivity contribution in [3.8, 4) is 0 Å². The first-order valence-corrected chi connectivity index (χ1v) is 6.92. The Balaban J connectivity index is 2.27. The lowest BCUT2D eigenvalue weighted by Gasteiger charge is -2.12. The Hall–Kier alpha value is -1.50. The molecule has 1 aromatic carbocycles. The molecule has 0 saturated carbocycles. The van der Waals surface area contributed by atoms with Crippen LogP contribution in [0.15, 0.2) is 41.0 Å². The summed E-state index contributed by atoms with van der Waals surface area (Å²) >= 11 is 3.29. The van der Waals surface area contributed by atoms with Crippen molar-refractivity contribution in [2.75, 3.05) is 13.7 Å². The van der Waals surface area contributed by atoms with E-state index in [0.717, 1.165) is 0 Å². The van der Waals surface area contributed by atoms with Gasteiger partial charge < -0.3 is 9.84 Å². The molecule has 1 atom stereocenters. The number of nitrogens with zero attached hydrogens (tertiary/aromatic N) is 2. The van der Waals surface area contributed by atoms with Crippen LogP contribution in [0.5, 0.6) is 0 Å². The summed E-state index contributed by atoms with van der Waals surface area (Å²) < 4.78 is 7.08. The Bertz CT molecular complexity index is 583. The van der Waals surface area contributed by atoms with E-state index in [4.69, 9.17) is 4.74 Å². The second kappa shape index (κ2) is 6.78. The van der Waals surface area contributed by atoms with Crippen LogP contribution in [-0.2, 0) is 11.3 Å². The van der Waals surface area contributed by atoms with E-state index in [9.17, 15) is 9.90 Å². The van der Waals surface area contributed by atoms with E-state index in [-0.39, 0.29) is 0 Å². The third-order valence-electron chi connectivity index (χ3n) is 2.90. The van der Waals surface area contributed by atoms with Gasteiger partial charge in [-0.2, -0.15) is 5.10 Å². The fourth-order valence-corrected chi connectivity index (χ4v) is 2.36. The third-order valence-corrected chi connectivity index (χ3v) is 3.48. The fourth-order valence-electron chi connectivity index (χ4n) is 1.87. The maximum Gasteiger partial charge on any atom is 0.214 e. The molecule has 1 unspecified atom stereocenters. The van der Waals surface area contributed by atoms with Crippen LogP contribution in [0.2, 0.25) is 0 Å². The van der Waals surface area contributed by atoms with E-state index in [1.54, 1.807) is 37.6 Å². The monoisotopic (exact) mass is 338 g/mol. The molecule has 1 aromatic heterocycles. The lowest BCUT2D eigenvalue weighted by Crippen LogP contribution is -2.19. The minimum Gasteiger partial charge on any atom is -0.383 e. The Morgan fingerprint density at radius 3 is 2.80 bits per heavy atom. The van der Waals surface area contributed by atoms with Gasteiger partial charge >= 0.3 is 0 Å². The first-order chi connectivity index (χ1) is 9.65. The number of halogens is 1. The topological polar surface area (TPSA) is 64.4 Å². The Labute approximate surface area is 125 Å². The molecule has 0 fully saturated rings. The van der Waals surface area contributed by atoms with E-state index >= 15 is 0 Å². The predicted octanol–water partition coefficient (Wildman–Crippen LogP) is 2.21. The van der Waals surface area contributed by atoms with Crippen molar-refractivity contribution < 1.29 is 14.6 Å². The molecule has 0 aliphatic heterocycles. The number of hydrogen-bond donors (Lipinski definition) is 1. The Morgan fingerprint density at radius 2 is 2.15 bits per heavy atom. The molecule has 2 rings (SSSR count). The van der Waals surface area contributed by atoms with Crippen molar-refractivity contribution in [1.82, 2.24) is 9.78 Å². The summed E-state index contributed by atoms with van der Waals surface area (Å²) in [6.07, 6.45) is 0.339. The first-order valence-electron chi connectivity index (χ1n) is 6.12.